The lowest BCUT2D eigenvalue weighted by atomic mass is 9.98. The van der Waals surface area contributed by atoms with Crippen molar-refractivity contribution in [2.45, 2.75) is 39.2 Å². The molecule has 0 spiro atoms. The first-order valence-electron chi connectivity index (χ1n) is 4.03. The van der Waals surface area contributed by atoms with Gasteiger partial charge in [0.2, 0.25) is 0 Å². The molecule has 0 bridgehead atoms. The van der Waals surface area contributed by atoms with Gasteiger partial charge in [0.25, 0.3) is 0 Å². The van der Waals surface area contributed by atoms with Crippen LogP contribution in [0, 0.1) is 5.92 Å². The minimum Gasteiger partial charge on any atom is -0.481 e. The second kappa shape index (κ2) is 5.13. The fourth-order valence-corrected chi connectivity index (χ4v) is 1.06. The molecule has 2 atom stereocenters. The second-order valence-corrected chi connectivity index (χ2v) is 3.11. The molecular formula is C8H17NO2. The van der Waals surface area contributed by atoms with E-state index in [0.717, 1.165) is 12.8 Å². The van der Waals surface area contributed by atoms with Crippen LogP contribution in [-0.4, -0.2) is 17.1 Å². The lowest BCUT2D eigenvalue weighted by molar-refractivity contribution is -0.138. The van der Waals surface area contributed by atoms with Crippen LogP contribution >= 0.6 is 0 Å². The van der Waals surface area contributed by atoms with Crippen LogP contribution in [0.2, 0.25) is 0 Å². The molecule has 3 nitrogen and oxygen atoms in total. The SMILES string of the molecule is CC[C@H](N)C[C@@H](C)CC(=O)O. The van der Waals surface area contributed by atoms with E-state index in [4.69, 9.17) is 10.8 Å². The van der Waals surface area contributed by atoms with Crippen molar-refractivity contribution >= 4 is 5.97 Å². The lowest BCUT2D eigenvalue weighted by Crippen LogP contribution is -2.22. The van der Waals surface area contributed by atoms with Crippen molar-refractivity contribution in [3.8, 4) is 0 Å². The van der Waals surface area contributed by atoms with Crippen molar-refractivity contribution in [3.63, 3.8) is 0 Å². The normalized spacial score (nSPS) is 15.9. The summed E-state index contributed by atoms with van der Waals surface area (Å²) in [5.74, 6) is -0.539. The summed E-state index contributed by atoms with van der Waals surface area (Å²) in [6.45, 7) is 3.93. The first-order chi connectivity index (χ1) is 5.06. The highest BCUT2D eigenvalue weighted by Crippen LogP contribution is 2.10. The number of nitrogens with two attached hydrogens (primary N) is 1. The van der Waals surface area contributed by atoms with Crippen LogP contribution in [0.1, 0.15) is 33.1 Å². The zero-order chi connectivity index (χ0) is 8.85. The minimum atomic E-state index is -0.735. The molecule has 0 aromatic carbocycles. The fraction of sp³-hybridized carbons (Fsp3) is 0.875. The third-order valence-electron chi connectivity index (χ3n) is 1.75. The molecule has 0 saturated carbocycles. The van der Waals surface area contributed by atoms with E-state index in [0.29, 0.717) is 0 Å². The number of carboxylic acids is 1. The number of aliphatic carboxylic acids is 1. The molecule has 0 fully saturated rings. The Morgan fingerprint density at radius 2 is 2.18 bits per heavy atom. The molecule has 3 N–H and O–H groups in total. The number of rotatable bonds is 5. The Balaban J connectivity index is 3.51. The largest absolute Gasteiger partial charge is 0.481 e. The molecule has 66 valence electrons. The van der Waals surface area contributed by atoms with Gasteiger partial charge in [0, 0.05) is 12.5 Å². The van der Waals surface area contributed by atoms with E-state index < -0.39 is 5.97 Å². The maximum absolute atomic E-state index is 10.2. The smallest absolute Gasteiger partial charge is 0.303 e. The fourth-order valence-electron chi connectivity index (χ4n) is 1.06. The summed E-state index contributed by atoms with van der Waals surface area (Å²) in [4.78, 5) is 10.2. The van der Waals surface area contributed by atoms with Gasteiger partial charge in [0.05, 0.1) is 0 Å². The van der Waals surface area contributed by atoms with E-state index in [2.05, 4.69) is 0 Å². The summed E-state index contributed by atoms with van der Waals surface area (Å²) >= 11 is 0. The van der Waals surface area contributed by atoms with E-state index in [1.165, 1.54) is 0 Å². The van der Waals surface area contributed by atoms with Gasteiger partial charge < -0.3 is 10.8 Å². The average Bonchev–Trinajstić information content (AvgIpc) is 1.85. The predicted molar refractivity (Wildman–Crippen MR) is 44.3 cm³/mol. The Bertz CT molecular complexity index is 125. The molecule has 0 amide bonds. The van der Waals surface area contributed by atoms with Crippen LogP contribution in [0.5, 0.6) is 0 Å². The summed E-state index contributed by atoms with van der Waals surface area (Å²) in [5.41, 5.74) is 5.66. The van der Waals surface area contributed by atoms with Crippen molar-refractivity contribution in [2.75, 3.05) is 0 Å². The number of hydrogen-bond acceptors (Lipinski definition) is 2. The maximum Gasteiger partial charge on any atom is 0.303 e. The van der Waals surface area contributed by atoms with Gasteiger partial charge in [-0.25, -0.2) is 0 Å². The first-order valence-corrected chi connectivity index (χ1v) is 4.03. The number of carboxylic acid groups (broad SMARTS) is 1. The molecule has 0 aromatic heterocycles. The molecular weight excluding hydrogens is 142 g/mol. The van der Waals surface area contributed by atoms with E-state index in [9.17, 15) is 4.79 Å². The molecule has 0 aliphatic carbocycles. The summed E-state index contributed by atoms with van der Waals surface area (Å²) in [6.07, 6.45) is 1.96. The van der Waals surface area contributed by atoms with Crippen molar-refractivity contribution in [3.05, 3.63) is 0 Å². The molecule has 11 heavy (non-hydrogen) atoms. The highest BCUT2D eigenvalue weighted by molar-refractivity contribution is 5.66. The third-order valence-corrected chi connectivity index (χ3v) is 1.75. The molecule has 0 unspecified atom stereocenters. The lowest BCUT2D eigenvalue weighted by Gasteiger charge is -2.13. The first kappa shape index (κ1) is 10.4. The Kier molecular flexibility index (Phi) is 4.86. The van der Waals surface area contributed by atoms with E-state index in [1.54, 1.807) is 0 Å². The second-order valence-electron chi connectivity index (χ2n) is 3.11. The van der Waals surface area contributed by atoms with E-state index in [-0.39, 0.29) is 18.4 Å². The molecule has 0 saturated heterocycles. The van der Waals surface area contributed by atoms with Gasteiger partial charge >= 0.3 is 5.97 Å². The molecule has 0 aromatic rings. The van der Waals surface area contributed by atoms with Crippen LogP contribution in [0.25, 0.3) is 0 Å². The zero-order valence-electron chi connectivity index (χ0n) is 7.21. The zero-order valence-corrected chi connectivity index (χ0v) is 7.21. The van der Waals surface area contributed by atoms with Gasteiger partial charge in [0.15, 0.2) is 0 Å². The maximum atomic E-state index is 10.2. The highest BCUT2D eigenvalue weighted by atomic mass is 16.4. The van der Waals surface area contributed by atoms with Crippen molar-refractivity contribution in [1.29, 1.82) is 0 Å². The van der Waals surface area contributed by atoms with Crippen LogP contribution in [0.15, 0.2) is 0 Å². The summed E-state index contributed by atoms with van der Waals surface area (Å²) in [5, 5.41) is 8.43. The van der Waals surface area contributed by atoms with Crippen LogP contribution in [0.3, 0.4) is 0 Å². The Morgan fingerprint density at radius 1 is 1.64 bits per heavy atom. The standard InChI is InChI=1S/C8H17NO2/c1-3-7(9)4-6(2)5-8(10)11/h6-7H,3-5,9H2,1-2H3,(H,10,11)/t6-,7+/m1/s1. The van der Waals surface area contributed by atoms with E-state index >= 15 is 0 Å². The van der Waals surface area contributed by atoms with Gasteiger partial charge in [-0.15, -0.1) is 0 Å². The van der Waals surface area contributed by atoms with Crippen molar-refractivity contribution < 1.29 is 9.90 Å². The quantitative estimate of drug-likeness (QED) is 0.634. The molecule has 0 radical (unpaired) electrons. The Labute approximate surface area is 67.6 Å². The molecule has 0 heterocycles. The van der Waals surface area contributed by atoms with Crippen LogP contribution in [-0.2, 0) is 4.79 Å². The molecule has 0 aliphatic rings. The van der Waals surface area contributed by atoms with Crippen molar-refractivity contribution in [2.24, 2.45) is 11.7 Å². The molecule has 3 heteroatoms. The number of hydrogen-bond donors (Lipinski definition) is 2. The van der Waals surface area contributed by atoms with E-state index in [1.807, 2.05) is 13.8 Å². The van der Waals surface area contributed by atoms with Gasteiger partial charge in [-0.2, -0.15) is 0 Å². The van der Waals surface area contributed by atoms with Gasteiger partial charge in [-0.1, -0.05) is 13.8 Å². The number of carbonyl (C=O) groups is 1. The third kappa shape index (κ3) is 5.85. The summed E-state index contributed by atoms with van der Waals surface area (Å²) < 4.78 is 0. The average molecular weight is 159 g/mol. The predicted octanol–water partition coefficient (Wildman–Crippen LogP) is 1.22. The summed E-state index contributed by atoms with van der Waals surface area (Å²) in [6, 6.07) is 0.157. The van der Waals surface area contributed by atoms with Gasteiger partial charge in [0.1, 0.15) is 0 Å². The monoisotopic (exact) mass is 159 g/mol. The van der Waals surface area contributed by atoms with Crippen LogP contribution in [0.4, 0.5) is 0 Å². The molecule has 0 rings (SSSR count). The summed E-state index contributed by atoms with van der Waals surface area (Å²) in [7, 11) is 0. The van der Waals surface area contributed by atoms with Crippen molar-refractivity contribution in [1.82, 2.24) is 0 Å². The highest BCUT2D eigenvalue weighted by Gasteiger charge is 2.10. The topological polar surface area (TPSA) is 63.3 Å². The van der Waals surface area contributed by atoms with Gasteiger partial charge in [-0.3, -0.25) is 4.79 Å². The Hall–Kier alpha value is -0.570. The molecule has 0 aliphatic heterocycles. The minimum absolute atomic E-state index is 0.157. The Morgan fingerprint density at radius 3 is 2.55 bits per heavy atom. The van der Waals surface area contributed by atoms with Gasteiger partial charge in [-0.05, 0) is 18.8 Å². The van der Waals surface area contributed by atoms with Crippen LogP contribution < -0.4 is 5.73 Å².